The molecular formula is C11H14FNO3S. The number of unbranched alkanes of at least 4 members (excludes halogenated alkanes) is 1. The zero-order chi connectivity index (χ0) is 12.9. The molecule has 0 unspecified atom stereocenters. The second-order valence-corrected chi connectivity index (χ2v) is 4.90. The number of para-hydroxylation sites is 1. The summed E-state index contributed by atoms with van der Waals surface area (Å²) < 4.78 is 34.6. The van der Waals surface area contributed by atoms with Crippen LogP contribution < -0.4 is 5.32 Å². The van der Waals surface area contributed by atoms with E-state index in [4.69, 9.17) is 0 Å². The summed E-state index contributed by atoms with van der Waals surface area (Å²) in [6.45, 7) is 1.94. The minimum atomic E-state index is -4.81. The van der Waals surface area contributed by atoms with E-state index < -0.39 is 15.1 Å². The van der Waals surface area contributed by atoms with Gasteiger partial charge in [0.2, 0.25) is 5.91 Å². The zero-order valence-corrected chi connectivity index (χ0v) is 10.3. The van der Waals surface area contributed by atoms with Gasteiger partial charge >= 0.3 is 10.2 Å². The van der Waals surface area contributed by atoms with E-state index in [1.807, 2.05) is 6.92 Å². The van der Waals surface area contributed by atoms with Crippen LogP contribution in [0.15, 0.2) is 29.2 Å². The van der Waals surface area contributed by atoms with Crippen molar-refractivity contribution in [3.8, 4) is 0 Å². The standard InChI is InChI=1S/C11H14FNO3S/c1-2-3-8-11(14)13-9-6-4-5-7-10(9)17(12,15)16/h4-7H,2-3,8H2,1H3,(H,13,14). The molecule has 0 radical (unpaired) electrons. The summed E-state index contributed by atoms with van der Waals surface area (Å²) in [5.74, 6) is -0.317. The Hall–Kier alpha value is -1.43. The number of hydrogen-bond acceptors (Lipinski definition) is 3. The smallest absolute Gasteiger partial charge is 0.325 e. The zero-order valence-electron chi connectivity index (χ0n) is 9.44. The predicted molar refractivity (Wildman–Crippen MR) is 62.9 cm³/mol. The highest BCUT2D eigenvalue weighted by Gasteiger charge is 2.17. The Bertz CT molecular complexity index is 499. The number of anilines is 1. The van der Waals surface area contributed by atoms with Crippen molar-refractivity contribution < 1.29 is 17.1 Å². The largest absolute Gasteiger partial charge is 0.334 e. The molecule has 1 N–H and O–H groups in total. The third-order valence-electron chi connectivity index (χ3n) is 2.18. The first-order chi connectivity index (χ1) is 7.95. The quantitative estimate of drug-likeness (QED) is 0.826. The van der Waals surface area contributed by atoms with Crippen molar-refractivity contribution in [3.63, 3.8) is 0 Å². The lowest BCUT2D eigenvalue weighted by atomic mass is 10.2. The highest BCUT2D eigenvalue weighted by molar-refractivity contribution is 7.86. The number of halogens is 1. The molecule has 1 aromatic carbocycles. The number of carbonyl (C=O) groups excluding carboxylic acids is 1. The Morgan fingerprint density at radius 2 is 2.00 bits per heavy atom. The van der Waals surface area contributed by atoms with E-state index >= 15 is 0 Å². The molecule has 4 nitrogen and oxygen atoms in total. The molecule has 0 bridgehead atoms. The number of amides is 1. The summed E-state index contributed by atoms with van der Waals surface area (Å²) in [5.41, 5.74) is -0.0175. The van der Waals surface area contributed by atoms with Crippen molar-refractivity contribution >= 4 is 21.8 Å². The van der Waals surface area contributed by atoms with Crippen LogP contribution in [0.5, 0.6) is 0 Å². The molecule has 17 heavy (non-hydrogen) atoms. The molecule has 1 amide bonds. The summed E-state index contributed by atoms with van der Waals surface area (Å²) in [5, 5.41) is 2.39. The molecule has 0 fully saturated rings. The van der Waals surface area contributed by atoms with Crippen LogP contribution in [0.2, 0.25) is 0 Å². The van der Waals surface area contributed by atoms with Gasteiger partial charge in [0.05, 0.1) is 5.69 Å². The molecule has 6 heteroatoms. The monoisotopic (exact) mass is 259 g/mol. The molecular weight excluding hydrogens is 245 g/mol. The SMILES string of the molecule is CCCCC(=O)Nc1ccccc1S(=O)(=O)F. The molecule has 0 aliphatic heterocycles. The van der Waals surface area contributed by atoms with E-state index in [9.17, 15) is 17.1 Å². The molecule has 0 spiro atoms. The van der Waals surface area contributed by atoms with E-state index in [0.29, 0.717) is 6.42 Å². The topological polar surface area (TPSA) is 63.2 Å². The maximum Gasteiger partial charge on any atom is 0.334 e. The van der Waals surface area contributed by atoms with Crippen LogP contribution in [0, 0.1) is 0 Å². The molecule has 0 aliphatic rings. The molecule has 0 saturated carbocycles. The molecule has 1 aromatic rings. The molecule has 0 heterocycles. The highest BCUT2D eigenvalue weighted by Crippen LogP contribution is 2.22. The maximum atomic E-state index is 12.9. The van der Waals surface area contributed by atoms with Gasteiger partial charge in [0.25, 0.3) is 0 Å². The van der Waals surface area contributed by atoms with Crippen molar-refractivity contribution in [2.45, 2.75) is 31.1 Å². The lowest BCUT2D eigenvalue weighted by Gasteiger charge is -2.07. The van der Waals surface area contributed by atoms with Gasteiger partial charge in [-0.2, -0.15) is 8.42 Å². The number of rotatable bonds is 5. The van der Waals surface area contributed by atoms with E-state index in [0.717, 1.165) is 12.5 Å². The average molecular weight is 259 g/mol. The van der Waals surface area contributed by atoms with Crippen molar-refractivity contribution in [3.05, 3.63) is 24.3 Å². The summed E-state index contributed by atoms with van der Waals surface area (Å²) in [7, 11) is -4.81. The fourth-order valence-corrected chi connectivity index (χ4v) is 1.96. The van der Waals surface area contributed by atoms with Crippen LogP contribution in [0.3, 0.4) is 0 Å². The first kappa shape index (κ1) is 13.6. The number of benzene rings is 1. The lowest BCUT2D eigenvalue weighted by molar-refractivity contribution is -0.116. The van der Waals surface area contributed by atoms with Gasteiger partial charge in [0.15, 0.2) is 0 Å². The summed E-state index contributed by atoms with van der Waals surface area (Å²) in [6.07, 6.45) is 1.85. The first-order valence-electron chi connectivity index (χ1n) is 5.28. The van der Waals surface area contributed by atoms with Crippen LogP contribution in [-0.4, -0.2) is 14.3 Å². The van der Waals surface area contributed by atoms with Gasteiger partial charge in [-0.15, -0.1) is 3.89 Å². The Kier molecular flexibility index (Phi) is 4.62. The van der Waals surface area contributed by atoms with Gasteiger partial charge in [-0.25, -0.2) is 0 Å². The van der Waals surface area contributed by atoms with Crippen molar-refractivity contribution in [2.24, 2.45) is 0 Å². The van der Waals surface area contributed by atoms with Gasteiger partial charge in [0.1, 0.15) is 4.90 Å². The summed E-state index contributed by atoms with van der Waals surface area (Å²) >= 11 is 0. The van der Waals surface area contributed by atoms with Gasteiger partial charge < -0.3 is 5.32 Å². The van der Waals surface area contributed by atoms with Crippen LogP contribution >= 0.6 is 0 Å². The van der Waals surface area contributed by atoms with Crippen LogP contribution in [0.25, 0.3) is 0 Å². The fourth-order valence-electron chi connectivity index (χ4n) is 1.33. The molecule has 0 atom stereocenters. The van der Waals surface area contributed by atoms with Crippen molar-refractivity contribution in [2.75, 3.05) is 5.32 Å². The minimum absolute atomic E-state index is 0.0175. The van der Waals surface area contributed by atoms with Crippen LogP contribution in [-0.2, 0) is 15.0 Å². The van der Waals surface area contributed by atoms with Gasteiger partial charge in [-0.1, -0.05) is 25.5 Å². The molecule has 0 aliphatic carbocycles. The molecule has 0 aromatic heterocycles. The average Bonchev–Trinajstić information content (AvgIpc) is 2.25. The number of nitrogens with one attached hydrogen (secondary N) is 1. The van der Waals surface area contributed by atoms with Gasteiger partial charge in [-0.3, -0.25) is 4.79 Å². The second-order valence-electron chi connectivity index (χ2n) is 3.59. The summed E-state index contributed by atoms with van der Waals surface area (Å²) in [4.78, 5) is 10.9. The van der Waals surface area contributed by atoms with E-state index in [-0.39, 0.29) is 18.0 Å². The minimum Gasteiger partial charge on any atom is -0.325 e. The van der Waals surface area contributed by atoms with E-state index in [2.05, 4.69) is 5.32 Å². The highest BCUT2D eigenvalue weighted by atomic mass is 32.3. The Morgan fingerprint density at radius 1 is 1.35 bits per heavy atom. The Labute approximate surface area is 100 Å². The number of hydrogen-bond donors (Lipinski definition) is 1. The fraction of sp³-hybridized carbons (Fsp3) is 0.364. The van der Waals surface area contributed by atoms with Crippen LogP contribution in [0.1, 0.15) is 26.2 Å². The predicted octanol–water partition coefficient (Wildman–Crippen LogP) is 2.47. The van der Waals surface area contributed by atoms with Gasteiger partial charge in [-0.05, 0) is 18.6 Å². The summed E-state index contributed by atoms with van der Waals surface area (Å²) in [6, 6.07) is 5.40. The van der Waals surface area contributed by atoms with Crippen molar-refractivity contribution in [1.82, 2.24) is 0 Å². The second kappa shape index (κ2) is 5.77. The molecule has 0 saturated heterocycles. The molecule has 94 valence electrons. The Morgan fingerprint density at radius 3 is 2.59 bits per heavy atom. The molecule has 1 rings (SSSR count). The number of carbonyl (C=O) groups is 1. The van der Waals surface area contributed by atoms with Gasteiger partial charge in [0, 0.05) is 6.42 Å². The lowest BCUT2D eigenvalue weighted by Crippen LogP contribution is -2.13. The maximum absolute atomic E-state index is 12.9. The van der Waals surface area contributed by atoms with E-state index in [1.165, 1.54) is 18.2 Å². The third kappa shape index (κ3) is 4.14. The Balaban J connectivity index is 2.88. The third-order valence-corrected chi connectivity index (χ3v) is 3.06. The van der Waals surface area contributed by atoms with E-state index in [1.54, 1.807) is 0 Å². The van der Waals surface area contributed by atoms with Crippen LogP contribution in [0.4, 0.5) is 9.57 Å². The first-order valence-corrected chi connectivity index (χ1v) is 6.67. The normalized spacial score (nSPS) is 11.2. The van der Waals surface area contributed by atoms with Crippen molar-refractivity contribution in [1.29, 1.82) is 0 Å².